The molecule has 0 saturated heterocycles. The van der Waals surface area contributed by atoms with Crippen LogP contribution in [-0.2, 0) is 6.18 Å². The predicted molar refractivity (Wildman–Crippen MR) is 47.7 cm³/mol. The van der Waals surface area contributed by atoms with Crippen molar-refractivity contribution in [3.63, 3.8) is 0 Å². The Morgan fingerprint density at radius 1 is 1.27 bits per heavy atom. The van der Waals surface area contributed by atoms with E-state index in [4.69, 9.17) is 5.84 Å². The van der Waals surface area contributed by atoms with Crippen molar-refractivity contribution < 1.29 is 18.0 Å². The second-order valence-corrected chi connectivity index (χ2v) is 2.99. The van der Waals surface area contributed by atoms with E-state index in [0.717, 1.165) is 29.3 Å². The Bertz CT molecular complexity index is 357. The lowest BCUT2D eigenvalue weighted by Gasteiger charge is -2.11. The van der Waals surface area contributed by atoms with Crippen LogP contribution in [-0.4, -0.2) is 18.0 Å². The molecule has 1 amide bonds. The van der Waals surface area contributed by atoms with Gasteiger partial charge in [0.2, 0.25) is 0 Å². The van der Waals surface area contributed by atoms with Crippen molar-refractivity contribution in [2.24, 2.45) is 5.84 Å². The number of alkyl halides is 3. The molecule has 1 aromatic rings. The summed E-state index contributed by atoms with van der Waals surface area (Å²) in [5, 5.41) is 0.808. The third-order valence-electron chi connectivity index (χ3n) is 1.78. The zero-order chi connectivity index (χ0) is 11.6. The van der Waals surface area contributed by atoms with Crippen LogP contribution in [0.15, 0.2) is 24.3 Å². The maximum Gasteiger partial charge on any atom is 0.416 e. The summed E-state index contributed by atoms with van der Waals surface area (Å²) in [6, 6.07) is 3.87. The lowest BCUT2D eigenvalue weighted by molar-refractivity contribution is -0.137. The lowest BCUT2D eigenvalue weighted by Crippen LogP contribution is -2.33. The minimum Gasteiger partial charge on any atom is -0.280 e. The molecule has 0 saturated carbocycles. The zero-order valence-corrected chi connectivity index (χ0v) is 7.88. The van der Waals surface area contributed by atoms with Gasteiger partial charge in [0.1, 0.15) is 0 Å². The minimum atomic E-state index is -4.39. The van der Waals surface area contributed by atoms with Gasteiger partial charge < -0.3 is 0 Å². The van der Waals surface area contributed by atoms with Gasteiger partial charge in [0.25, 0.3) is 5.91 Å². The molecule has 82 valence electrons. The van der Waals surface area contributed by atoms with E-state index in [2.05, 4.69) is 0 Å². The topological polar surface area (TPSA) is 46.3 Å². The molecule has 0 fully saturated rings. The van der Waals surface area contributed by atoms with Crippen molar-refractivity contribution in [1.82, 2.24) is 5.01 Å². The summed E-state index contributed by atoms with van der Waals surface area (Å²) in [5.41, 5.74) is -0.674. The fourth-order valence-electron chi connectivity index (χ4n) is 1.01. The van der Waals surface area contributed by atoms with Gasteiger partial charge in [-0.1, -0.05) is 0 Å². The van der Waals surface area contributed by atoms with Crippen LogP contribution >= 0.6 is 0 Å². The lowest BCUT2D eigenvalue weighted by atomic mass is 10.1. The van der Waals surface area contributed by atoms with Crippen molar-refractivity contribution in [2.45, 2.75) is 6.18 Å². The number of carbonyl (C=O) groups is 1. The number of amides is 1. The average Bonchev–Trinajstić information content (AvgIpc) is 2.15. The highest BCUT2D eigenvalue weighted by Crippen LogP contribution is 2.29. The first-order valence-electron chi connectivity index (χ1n) is 4.02. The molecule has 0 spiro atoms. The van der Waals surface area contributed by atoms with Gasteiger partial charge in [-0.2, -0.15) is 13.2 Å². The number of nitrogens with two attached hydrogens (primary N) is 1. The number of rotatable bonds is 1. The first kappa shape index (κ1) is 11.5. The van der Waals surface area contributed by atoms with Crippen molar-refractivity contribution in [3.8, 4) is 0 Å². The third-order valence-corrected chi connectivity index (χ3v) is 1.78. The standard InChI is InChI=1S/C9H9F3N2O/c1-14(13)8(15)6-2-4-7(5-3-6)9(10,11)12/h2-5H,13H2,1H3. The van der Waals surface area contributed by atoms with Crippen molar-refractivity contribution >= 4 is 5.91 Å². The summed E-state index contributed by atoms with van der Waals surface area (Å²) < 4.78 is 36.5. The van der Waals surface area contributed by atoms with E-state index in [-0.39, 0.29) is 5.56 Å². The molecule has 0 heterocycles. The van der Waals surface area contributed by atoms with E-state index < -0.39 is 17.6 Å². The molecular formula is C9H9F3N2O. The number of hydrazine groups is 1. The summed E-state index contributed by atoms with van der Waals surface area (Å²) in [5.74, 6) is 4.62. The number of carbonyl (C=O) groups excluding carboxylic acids is 1. The van der Waals surface area contributed by atoms with Crippen molar-refractivity contribution in [1.29, 1.82) is 0 Å². The Kier molecular flexibility index (Phi) is 2.99. The number of hydrogen-bond donors (Lipinski definition) is 1. The van der Waals surface area contributed by atoms with E-state index >= 15 is 0 Å². The molecular weight excluding hydrogens is 209 g/mol. The smallest absolute Gasteiger partial charge is 0.280 e. The highest BCUT2D eigenvalue weighted by molar-refractivity contribution is 5.93. The molecule has 2 N–H and O–H groups in total. The van der Waals surface area contributed by atoms with E-state index in [1.807, 2.05) is 0 Å². The molecule has 0 radical (unpaired) electrons. The summed E-state index contributed by atoms with van der Waals surface area (Å²) in [4.78, 5) is 11.2. The zero-order valence-electron chi connectivity index (χ0n) is 7.88. The van der Waals surface area contributed by atoms with Crippen LogP contribution in [0.2, 0.25) is 0 Å². The second-order valence-electron chi connectivity index (χ2n) is 2.99. The molecule has 0 bridgehead atoms. The Hall–Kier alpha value is -1.56. The number of halogens is 3. The third kappa shape index (κ3) is 2.69. The summed E-state index contributed by atoms with van der Waals surface area (Å²) >= 11 is 0. The van der Waals surface area contributed by atoms with Crippen LogP contribution in [0.1, 0.15) is 15.9 Å². The maximum absolute atomic E-state index is 12.2. The average molecular weight is 218 g/mol. The first-order chi connectivity index (χ1) is 6.82. The van der Waals surface area contributed by atoms with Crippen LogP contribution in [0, 0.1) is 0 Å². The number of nitrogens with zero attached hydrogens (tertiary/aromatic N) is 1. The van der Waals surface area contributed by atoms with E-state index in [0.29, 0.717) is 0 Å². The number of benzene rings is 1. The molecule has 0 aliphatic heterocycles. The molecule has 0 unspecified atom stereocenters. The van der Waals surface area contributed by atoms with Crippen LogP contribution in [0.4, 0.5) is 13.2 Å². The summed E-state index contributed by atoms with van der Waals surface area (Å²) in [6.45, 7) is 0. The highest BCUT2D eigenvalue weighted by Gasteiger charge is 2.30. The molecule has 0 aromatic heterocycles. The number of hydrogen-bond acceptors (Lipinski definition) is 2. The van der Waals surface area contributed by atoms with Crippen LogP contribution < -0.4 is 5.84 Å². The molecule has 1 aromatic carbocycles. The van der Waals surface area contributed by atoms with Gasteiger partial charge in [0, 0.05) is 12.6 Å². The van der Waals surface area contributed by atoms with Gasteiger partial charge >= 0.3 is 6.18 Å². The molecule has 3 nitrogen and oxygen atoms in total. The minimum absolute atomic E-state index is 0.119. The molecule has 0 aliphatic rings. The fraction of sp³-hybridized carbons (Fsp3) is 0.222. The van der Waals surface area contributed by atoms with Gasteiger partial charge in [-0.15, -0.1) is 0 Å². The molecule has 0 atom stereocenters. The molecule has 15 heavy (non-hydrogen) atoms. The Balaban J connectivity index is 2.96. The Morgan fingerprint density at radius 2 is 1.73 bits per heavy atom. The van der Waals surface area contributed by atoms with Crippen LogP contribution in [0.25, 0.3) is 0 Å². The van der Waals surface area contributed by atoms with Gasteiger partial charge in [0.15, 0.2) is 0 Å². The quantitative estimate of drug-likeness (QED) is 0.442. The molecule has 0 aliphatic carbocycles. The fourth-order valence-corrected chi connectivity index (χ4v) is 1.01. The van der Waals surface area contributed by atoms with Gasteiger partial charge in [0.05, 0.1) is 5.56 Å². The van der Waals surface area contributed by atoms with Gasteiger partial charge in [-0.05, 0) is 24.3 Å². The molecule has 1 rings (SSSR count). The summed E-state index contributed by atoms with van der Waals surface area (Å²) in [6.07, 6.45) is -4.39. The maximum atomic E-state index is 12.2. The van der Waals surface area contributed by atoms with Gasteiger partial charge in [-0.25, -0.2) is 5.84 Å². The normalized spacial score (nSPS) is 11.3. The summed E-state index contributed by atoms with van der Waals surface area (Å²) in [7, 11) is 1.32. The van der Waals surface area contributed by atoms with E-state index in [1.54, 1.807) is 0 Å². The predicted octanol–water partition coefficient (Wildman–Crippen LogP) is 1.65. The van der Waals surface area contributed by atoms with Crippen molar-refractivity contribution in [3.05, 3.63) is 35.4 Å². The van der Waals surface area contributed by atoms with Gasteiger partial charge in [-0.3, -0.25) is 9.80 Å². The molecule has 6 heteroatoms. The Labute approximate surface area is 84.3 Å². The van der Waals surface area contributed by atoms with Crippen LogP contribution in [0.3, 0.4) is 0 Å². The first-order valence-corrected chi connectivity index (χ1v) is 4.02. The largest absolute Gasteiger partial charge is 0.416 e. The second kappa shape index (κ2) is 3.90. The van der Waals surface area contributed by atoms with E-state index in [1.165, 1.54) is 7.05 Å². The van der Waals surface area contributed by atoms with Crippen molar-refractivity contribution in [2.75, 3.05) is 7.05 Å². The Morgan fingerprint density at radius 3 is 2.07 bits per heavy atom. The van der Waals surface area contributed by atoms with Crippen LogP contribution in [0.5, 0.6) is 0 Å². The monoisotopic (exact) mass is 218 g/mol. The SMILES string of the molecule is CN(N)C(=O)c1ccc(C(F)(F)F)cc1. The highest BCUT2D eigenvalue weighted by atomic mass is 19.4. The van der Waals surface area contributed by atoms with E-state index in [9.17, 15) is 18.0 Å².